The van der Waals surface area contributed by atoms with Gasteiger partial charge in [0.2, 0.25) is 0 Å². The third-order valence-electron chi connectivity index (χ3n) is 2.30. The number of aliphatic hydroxyl groups is 3. The molecule has 7 heteroatoms. The third-order valence-corrected chi connectivity index (χ3v) is 2.30. The molecule has 0 spiro atoms. The number of hydrogen-bond donors (Lipinski definition) is 4. The minimum absolute atomic E-state index is 0.718. The van der Waals surface area contributed by atoms with E-state index in [1.165, 1.54) is 0 Å². The molecule has 1 rings (SSSR count). The summed E-state index contributed by atoms with van der Waals surface area (Å²) >= 11 is 0. The van der Waals surface area contributed by atoms with Crippen molar-refractivity contribution in [2.75, 3.05) is 0 Å². The van der Waals surface area contributed by atoms with Gasteiger partial charge in [0, 0.05) is 0 Å². The summed E-state index contributed by atoms with van der Waals surface area (Å²) in [7, 11) is 0. The molecule has 7 nitrogen and oxygen atoms in total. The highest BCUT2D eigenvalue weighted by molar-refractivity contribution is 5.73. The van der Waals surface area contributed by atoms with Crippen LogP contribution in [0.4, 0.5) is 0 Å². The summed E-state index contributed by atoms with van der Waals surface area (Å²) in [4.78, 5) is 10.9. The molecule has 0 saturated carbocycles. The number of carbonyl (C=O) groups is 1. The van der Waals surface area contributed by atoms with E-state index in [1.807, 2.05) is 0 Å². The molecule has 1 aliphatic rings. The third kappa shape index (κ3) is 3.36. The fraction of sp³-hybridized carbons (Fsp3) is 0.900. The Labute approximate surface area is 98.6 Å². The molecular weight excluding hydrogens is 232 g/mol. The second-order valence-electron chi connectivity index (χ2n) is 4.96. The van der Waals surface area contributed by atoms with Crippen LogP contribution >= 0.6 is 0 Å². The lowest BCUT2D eigenvalue weighted by Gasteiger charge is -2.41. The van der Waals surface area contributed by atoms with Crippen LogP contribution in [-0.2, 0) is 14.3 Å². The summed E-state index contributed by atoms with van der Waals surface area (Å²) in [5, 5.41) is 37.3. The first kappa shape index (κ1) is 14.3. The van der Waals surface area contributed by atoms with E-state index in [1.54, 1.807) is 20.8 Å². The van der Waals surface area contributed by atoms with Gasteiger partial charge in [0.25, 0.3) is 0 Å². The van der Waals surface area contributed by atoms with Gasteiger partial charge < -0.3 is 29.9 Å². The molecule has 1 aliphatic heterocycles. The highest BCUT2D eigenvalue weighted by atomic mass is 16.7. The minimum atomic E-state index is -1.74. The fourth-order valence-corrected chi connectivity index (χ4v) is 1.59. The normalized spacial score (nSPS) is 39.1. The van der Waals surface area contributed by atoms with Gasteiger partial charge in [-0.3, -0.25) is 0 Å². The average molecular weight is 250 g/mol. The maximum Gasteiger partial charge on any atom is 0.335 e. The second kappa shape index (κ2) is 4.87. The standard InChI is InChI=1S/C10H18O7/c1-10(2,3)17-6-4(11)5(12)9(15)16-7(6)8(13)14/h4-7,9,11-12,15H,1-3H3,(H,13,14)/t4?,5-,6+,7?,9+/m1/s1. The van der Waals surface area contributed by atoms with Crippen molar-refractivity contribution in [1.29, 1.82) is 0 Å². The Hall–Kier alpha value is -0.730. The predicted octanol–water partition coefficient (Wildman–Crippen LogP) is -1.31. The van der Waals surface area contributed by atoms with E-state index in [2.05, 4.69) is 0 Å². The van der Waals surface area contributed by atoms with Gasteiger partial charge in [-0.25, -0.2) is 4.79 Å². The van der Waals surface area contributed by atoms with E-state index in [9.17, 15) is 20.1 Å². The van der Waals surface area contributed by atoms with E-state index < -0.39 is 42.3 Å². The van der Waals surface area contributed by atoms with E-state index in [4.69, 9.17) is 14.6 Å². The molecule has 1 heterocycles. The molecule has 5 atom stereocenters. The SMILES string of the molecule is CC(C)(C)O[C@@H]1C(C(=O)O)O[C@H](O)[C@H](O)C1O. The molecule has 17 heavy (non-hydrogen) atoms. The fourth-order valence-electron chi connectivity index (χ4n) is 1.59. The van der Waals surface area contributed by atoms with Crippen LogP contribution in [0.1, 0.15) is 20.8 Å². The number of ether oxygens (including phenoxy) is 2. The molecular formula is C10H18O7. The molecule has 0 amide bonds. The second-order valence-corrected chi connectivity index (χ2v) is 4.96. The first-order valence-electron chi connectivity index (χ1n) is 5.24. The summed E-state index contributed by atoms with van der Waals surface area (Å²) in [6, 6.07) is 0. The molecule has 0 aromatic rings. The summed E-state index contributed by atoms with van der Waals surface area (Å²) in [5.41, 5.74) is -0.718. The number of aliphatic carboxylic acids is 1. The zero-order valence-corrected chi connectivity index (χ0v) is 9.90. The molecule has 0 aromatic heterocycles. The van der Waals surface area contributed by atoms with Crippen molar-refractivity contribution in [1.82, 2.24) is 0 Å². The predicted molar refractivity (Wildman–Crippen MR) is 55.2 cm³/mol. The lowest BCUT2D eigenvalue weighted by molar-refractivity contribution is -0.298. The Balaban J connectivity index is 2.90. The maximum atomic E-state index is 10.9. The molecule has 1 fully saturated rings. The van der Waals surface area contributed by atoms with Gasteiger partial charge in [0.05, 0.1) is 5.60 Å². The highest BCUT2D eigenvalue weighted by Crippen LogP contribution is 2.26. The largest absolute Gasteiger partial charge is 0.479 e. The van der Waals surface area contributed by atoms with Gasteiger partial charge in [-0.15, -0.1) is 0 Å². The maximum absolute atomic E-state index is 10.9. The van der Waals surface area contributed by atoms with Gasteiger partial charge in [0.1, 0.15) is 18.3 Å². The van der Waals surface area contributed by atoms with E-state index in [-0.39, 0.29) is 0 Å². The topological polar surface area (TPSA) is 116 Å². The average Bonchev–Trinajstić information content (AvgIpc) is 2.16. The minimum Gasteiger partial charge on any atom is -0.479 e. The van der Waals surface area contributed by atoms with Crippen molar-refractivity contribution in [3.63, 3.8) is 0 Å². The van der Waals surface area contributed by atoms with Crippen molar-refractivity contribution >= 4 is 5.97 Å². The quantitative estimate of drug-likeness (QED) is 0.481. The van der Waals surface area contributed by atoms with Gasteiger partial charge in [-0.05, 0) is 20.8 Å². The molecule has 4 N–H and O–H groups in total. The number of carboxylic acid groups (broad SMARTS) is 1. The highest BCUT2D eigenvalue weighted by Gasteiger charge is 2.49. The Morgan fingerprint density at radius 1 is 1.18 bits per heavy atom. The van der Waals surface area contributed by atoms with Crippen molar-refractivity contribution in [2.45, 2.75) is 57.1 Å². The van der Waals surface area contributed by atoms with Crippen LogP contribution in [0.5, 0.6) is 0 Å². The van der Waals surface area contributed by atoms with Crippen molar-refractivity contribution < 1.29 is 34.7 Å². The van der Waals surface area contributed by atoms with Gasteiger partial charge in [-0.2, -0.15) is 0 Å². The smallest absolute Gasteiger partial charge is 0.335 e. The van der Waals surface area contributed by atoms with E-state index in [0.717, 1.165) is 0 Å². The van der Waals surface area contributed by atoms with Crippen LogP contribution in [0.2, 0.25) is 0 Å². The number of aliphatic hydroxyl groups excluding tert-OH is 3. The zero-order valence-electron chi connectivity index (χ0n) is 9.90. The first-order valence-corrected chi connectivity index (χ1v) is 5.24. The first-order chi connectivity index (χ1) is 7.63. The summed E-state index contributed by atoms with van der Waals surface area (Å²) < 4.78 is 10.1. The number of carboxylic acids is 1. The van der Waals surface area contributed by atoms with Gasteiger partial charge in [-0.1, -0.05) is 0 Å². The van der Waals surface area contributed by atoms with Crippen molar-refractivity contribution in [2.24, 2.45) is 0 Å². The summed E-state index contributed by atoms with van der Waals surface area (Å²) in [6.07, 6.45) is -7.64. The molecule has 1 saturated heterocycles. The molecule has 0 aromatic carbocycles. The molecule has 0 aliphatic carbocycles. The molecule has 0 bridgehead atoms. The van der Waals surface area contributed by atoms with Crippen LogP contribution in [0.15, 0.2) is 0 Å². The molecule has 100 valence electrons. The summed E-state index contributed by atoms with van der Waals surface area (Å²) in [5.74, 6) is -1.37. The zero-order chi connectivity index (χ0) is 13.4. The van der Waals surface area contributed by atoms with Gasteiger partial charge >= 0.3 is 5.97 Å². The van der Waals surface area contributed by atoms with Crippen LogP contribution in [0, 0.1) is 0 Å². The lowest BCUT2D eigenvalue weighted by Crippen LogP contribution is -2.61. The Bertz CT molecular complexity index is 285. The number of hydrogen-bond acceptors (Lipinski definition) is 6. The van der Waals surface area contributed by atoms with E-state index >= 15 is 0 Å². The van der Waals surface area contributed by atoms with E-state index in [0.29, 0.717) is 0 Å². The van der Waals surface area contributed by atoms with Crippen LogP contribution < -0.4 is 0 Å². The Kier molecular flexibility index (Phi) is 4.11. The molecule has 2 unspecified atom stereocenters. The summed E-state index contributed by atoms with van der Waals surface area (Å²) in [6.45, 7) is 5.03. The van der Waals surface area contributed by atoms with Crippen molar-refractivity contribution in [3.05, 3.63) is 0 Å². The van der Waals surface area contributed by atoms with Crippen LogP contribution in [-0.4, -0.2) is 62.7 Å². The van der Waals surface area contributed by atoms with Gasteiger partial charge in [0.15, 0.2) is 12.4 Å². The van der Waals surface area contributed by atoms with Crippen molar-refractivity contribution in [3.8, 4) is 0 Å². The Morgan fingerprint density at radius 2 is 1.71 bits per heavy atom. The lowest BCUT2D eigenvalue weighted by atomic mass is 9.97. The number of rotatable bonds is 2. The van der Waals surface area contributed by atoms with Crippen LogP contribution in [0.25, 0.3) is 0 Å². The van der Waals surface area contributed by atoms with Crippen LogP contribution in [0.3, 0.4) is 0 Å². The monoisotopic (exact) mass is 250 g/mol. The molecule has 0 radical (unpaired) electrons. The Morgan fingerprint density at radius 3 is 2.12 bits per heavy atom.